The second-order valence-corrected chi connectivity index (χ2v) is 9.59. The van der Waals surface area contributed by atoms with Crippen LogP contribution in [-0.2, 0) is 17.8 Å². The molecule has 1 aliphatic rings. The molecule has 2 heterocycles. The van der Waals surface area contributed by atoms with Gasteiger partial charge in [0.1, 0.15) is 17.5 Å². The maximum absolute atomic E-state index is 13.1. The molecule has 1 amide bonds. The summed E-state index contributed by atoms with van der Waals surface area (Å²) in [5.74, 6) is 2.57. The Morgan fingerprint density at radius 3 is 2.49 bits per heavy atom. The Morgan fingerprint density at radius 1 is 1.11 bits per heavy atom. The van der Waals surface area contributed by atoms with Crippen LogP contribution in [0.25, 0.3) is 0 Å². The fourth-order valence-electron chi connectivity index (χ4n) is 4.53. The molecule has 0 saturated carbocycles. The molecule has 0 bridgehead atoms. The SMILES string of the molecule is CC[C@H]1C(=O)N(C)c2cnc(Nc3ccc(CC(C)C)cc3OC)nc2N1Cc1ccc(C)cc1. The number of rotatable bonds is 8. The molecular weight excluding hydrogens is 438 g/mol. The van der Waals surface area contributed by atoms with Gasteiger partial charge in [0.05, 0.1) is 19.0 Å². The molecule has 7 heteroatoms. The number of carbonyl (C=O) groups excluding carboxylic acids is 1. The highest BCUT2D eigenvalue weighted by atomic mass is 16.5. The number of nitrogens with zero attached hydrogens (tertiary/aromatic N) is 4. The van der Waals surface area contributed by atoms with E-state index >= 15 is 0 Å². The van der Waals surface area contributed by atoms with Crippen LogP contribution < -0.4 is 19.9 Å². The highest BCUT2D eigenvalue weighted by molar-refractivity contribution is 6.04. The van der Waals surface area contributed by atoms with Gasteiger partial charge in [0, 0.05) is 13.6 Å². The van der Waals surface area contributed by atoms with Gasteiger partial charge in [-0.3, -0.25) is 4.79 Å². The number of hydrogen-bond donors (Lipinski definition) is 1. The number of aromatic nitrogens is 2. The summed E-state index contributed by atoms with van der Waals surface area (Å²) < 4.78 is 5.65. The summed E-state index contributed by atoms with van der Waals surface area (Å²) in [6.07, 6.45) is 3.39. The van der Waals surface area contributed by atoms with Gasteiger partial charge in [-0.25, -0.2) is 4.98 Å². The molecule has 1 aromatic heterocycles. The van der Waals surface area contributed by atoms with E-state index in [1.807, 2.05) is 13.0 Å². The van der Waals surface area contributed by atoms with Crippen LogP contribution in [0.4, 0.5) is 23.1 Å². The van der Waals surface area contributed by atoms with Gasteiger partial charge in [-0.05, 0) is 48.9 Å². The minimum atomic E-state index is -0.290. The number of benzene rings is 2. The van der Waals surface area contributed by atoms with Crippen molar-refractivity contribution >= 4 is 29.0 Å². The first kappa shape index (κ1) is 24.5. The molecule has 0 radical (unpaired) electrons. The van der Waals surface area contributed by atoms with Crippen LogP contribution in [0.3, 0.4) is 0 Å². The Bertz CT molecular complexity index is 1190. The summed E-state index contributed by atoms with van der Waals surface area (Å²) in [5, 5.41) is 3.33. The molecule has 0 aliphatic carbocycles. The molecule has 1 N–H and O–H groups in total. The molecule has 0 fully saturated rings. The molecular formula is C28H35N5O2. The normalized spacial score (nSPS) is 15.4. The smallest absolute Gasteiger partial charge is 0.249 e. The third-order valence-corrected chi connectivity index (χ3v) is 6.39. The zero-order chi connectivity index (χ0) is 25.1. The van der Waals surface area contributed by atoms with Gasteiger partial charge in [0.2, 0.25) is 11.9 Å². The molecule has 0 spiro atoms. The molecule has 2 aromatic carbocycles. The van der Waals surface area contributed by atoms with Crippen molar-refractivity contribution in [3.05, 3.63) is 65.4 Å². The van der Waals surface area contributed by atoms with E-state index in [0.29, 0.717) is 30.5 Å². The highest BCUT2D eigenvalue weighted by Crippen LogP contribution is 2.37. The molecule has 184 valence electrons. The van der Waals surface area contributed by atoms with Crippen LogP contribution in [0.1, 0.15) is 43.9 Å². The average Bonchev–Trinajstić information content (AvgIpc) is 2.84. The Hall–Kier alpha value is -3.61. The van der Waals surface area contributed by atoms with Gasteiger partial charge in [0.15, 0.2) is 5.82 Å². The van der Waals surface area contributed by atoms with E-state index in [2.05, 4.69) is 72.4 Å². The van der Waals surface area contributed by atoms with E-state index in [-0.39, 0.29) is 11.9 Å². The van der Waals surface area contributed by atoms with Gasteiger partial charge in [-0.15, -0.1) is 0 Å². The van der Waals surface area contributed by atoms with E-state index in [4.69, 9.17) is 9.72 Å². The van der Waals surface area contributed by atoms with Crippen LogP contribution in [0.5, 0.6) is 5.75 Å². The summed E-state index contributed by atoms with van der Waals surface area (Å²) >= 11 is 0. The Balaban J connectivity index is 1.69. The van der Waals surface area contributed by atoms with Crippen molar-refractivity contribution in [2.75, 3.05) is 29.3 Å². The second kappa shape index (κ2) is 10.3. The predicted molar refractivity (Wildman–Crippen MR) is 142 cm³/mol. The maximum atomic E-state index is 13.1. The Morgan fingerprint density at radius 2 is 1.83 bits per heavy atom. The third kappa shape index (κ3) is 5.24. The lowest BCUT2D eigenvalue weighted by Gasteiger charge is -2.40. The first-order chi connectivity index (χ1) is 16.8. The second-order valence-electron chi connectivity index (χ2n) is 9.59. The molecule has 7 nitrogen and oxygen atoms in total. The summed E-state index contributed by atoms with van der Waals surface area (Å²) in [7, 11) is 3.46. The molecule has 1 atom stereocenters. The maximum Gasteiger partial charge on any atom is 0.249 e. The number of ether oxygens (including phenoxy) is 1. The first-order valence-corrected chi connectivity index (χ1v) is 12.2. The molecule has 0 saturated heterocycles. The van der Waals surface area contributed by atoms with E-state index in [1.165, 1.54) is 11.1 Å². The van der Waals surface area contributed by atoms with Crippen molar-refractivity contribution in [1.82, 2.24) is 9.97 Å². The molecule has 4 rings (SSSR count). The summed E-state index contributed by atoms with van der Waals surface area (Å²) in [5.41, 5.74) is 5.07. The minimum absolute atomic E-state index is 0.0545. The van der Waals surface area contributed by atoms with Crippen LogP contribution in [0.15, 0.2) is 48.7 Å². The standard InChI is InChI=1S/C28H35N5O2/c1-7-23-27(34)32(5)24-16-29-28(30-22-13-12-21(14-18(2)3)15-25(22)35-6)31-26(24)33(23)17-20-10-8-19(4)9-11-20/h8-13,15-16,18,23H,7,14,17H2,1-6H3,(H,29,30,31)/t23-/m0/s1. The third-order valence-electron chi connectivity index (χ3n) is 6.39. The van der Waals surface area contributed by atoms with Crippen molar-refractivity contribution < 1.29 is 9.53 Å². The number of likely N-dealkylation sites (N-methyl/N-ethyl adjacent to an activating group) is 1. The summed E-state index contributed by atoms with van der Waals surface area (Å²) in [4.78, 5) is 26.3. The zero-order valence-corrected chi connectivity index (χ0v) is 21.5. The first-order valence-electron chi connectivity index (χ1n) is 12.2. The summed E-state index contributed by atoms with van der Waals surface area (Å²) in [6, 6.07) is 14.3. The molecule has 3 aromatic rings. The number of methoxy groups -OCH3 is 1. The van der Waals surface area contributed by atoms with E-state index in [9.17, 15) is 4.79 Å². The van der Waals surface area contributed by atoms with Gasteiger partial charge >= 0.3 is 0 Å². The fraction of sp³-hybridized carbons (Fsp3) is 0.393. The fourth-order valence-corrected chi connectivity index (χ4v) is 4.53. The van der Waals surface area contributed by atoms with Gasteiger partial charge < -0.3 is 19.9 Å². The number of anilines is 4. The van der Waals surface area contributed by atoms with Gasteiger partial charge in [-0.2, -0.15) is 4.98 Å². The quantitative estimate of drug-likeness (QED) is 0.466. The van der Waals surface area contributed by atoms with Crippen molar-refractivity contribution in [2.24, 2.45) is 5.92 Å². The molecule has 35 heavy (non-hydrogen) atoms. The number of carbonyl (C=O) groups is 1. The van der Waals surface area contributed by atoms with Crippen LogP contribution in [-0.4, -0.2) is 36.1 Å². The topological polar surface area (TPSA) is 70.6 Å². The van der Waals surface area contributed by atoms with E-state index in [0.717, 1.165) is 29.2 Å². The minimum Gasteiger partial charge on any atom is -0.495 e. The number of hydrogen-bond acceptors (Lipinski definition) is 6. The lowest BCUT2D eigenvalue weighted by molar-refractivity contribution is -0.120. The van der Waals surface area contributed by atoms with E-state index in [1.54, 1.807) is 25.3 Å². The Kier molecular flexibility index (Phi) is 7.24. The van der Waals surface area contributed by atoms with Crippen molar-refractivity contribution in [2.45, 2.75) is 53.1 Å². The number of fused-ring (bicyclic) bond motifs is 1. The Labute approximate surface area is 208 Å². The molecule has 0 unspecified atom stereocenters. The average molecular weight is 474 g/mol. The number of aryl methyl sites for hydroxylation is 1. The number of nitrogens with one attached hydrogen (secondary N) is 1. The molecule has 1 aliphatic heterocycles. The number of amides is 1. The lowest BCUT2D eigenvalue weighted by Crippen LogP contribution is -2.52. The monoisotopic (exact) mass is 473 g/mol. The highest BCUT2D eigenvalue weighted by Gasteiger charge is 2.37. The summed E-state index contributed by atoms with van der Waals surface area (Å²) in [6.45, 7) is 9.10. The van der Waals surface area contributed by atoms with Crippen molar-refractivity contribution in [3.8, 4) is 5.75 Å². The predicted octanol–water partition coefficient (Wildman–Crippen LogP) is 5.50. The van der Waals surface area contributed by atoms with Crippen LogP contribution in [0, 0.1) is 12.8 Å². The van der Waals surface area contributed by atoms with E-state index < -0.39 is 0 Å². The zero-order valence-electron chi connectivity index (χ0n) is 21.5. The van der Waals surface area contributed by atoms with Gasteiger partial charge in [0.25, 0.3) is 0 Å². The lowest BCUT2D eigenvalue weighted by atomic mass is 10.0. The largest absolute Gasteiger partial charge is 0.495 e. The van der Waals surface area contributed by atoms with Gasteiger partial charge in [-0.1, -0.05) is 56.7 Å². The van der Waals surface area contributed by atoms with Crippen molar-refractivity contribution in [3.63, 3.8) is 0 Å². The van der Waals surface area contributed by atoms with Crippen molar-refractivity contribution in [1.29, 1.82) is 0 Å². The van der Waals surface area contributed by atoms with Crippen LogP contribution in [0.2, 0.25) is 0 Å². The van der Waals surface area contributed by atoms with Crippen LogP contribution >= 0.6 is 0 Å².